The molecule has 114 valence electrons. The Morgan fingerprint density at radius 3 is 1.27 bits per heavy atom. The molecule has 0 heterocycles. The molecular formula is C18H17ClOS2. The molecule has 0 aromatic heterocycles. The maximum Gasteiger partial charge on any atom is 0.115 e. The van der Waals surface area contributed by atoms with Crippen LogP contribution >= 0.6 is 36.9 Å². The van der Waals surface area contributed by atoms with Crippen LogP contribution in [-0.2, 0) is 0 Å². The van der Waals surface area contributed by atoms with Crippen molar-refractivity contribution in [3.05, 3.63) is 90.0 Å². The fourth-order valence-electron chi connectivity index (χ4n) is 1.30. The van der Waals surface area contributed by atoms with Gasteiger partial charge in [-0.05, 0) is 48.5 Å². The smallest absolute Gasteiger partial charge is 0.115 e. The Morgan fingerprint density at radius 2 is 1.00 bits per heavy atom. The number of hydrogen-bond acceptors (Lipinski definition) is 3. The number of para-hydroxylation sites is 1. The summed E-state index contributed by atoms with van der Waals surface area (Å²) in [6.45, 7) is 0. The van der Waals surface area contributed by atoms with E-state index in [0.717, 1.165) is 14.8 Å². The molecule has 0 saturated carbocycles. The van der Waals surface area contributed by atoms with E-state index in [-0.39, 0.29) is 0 Å². The average molecular weight is 349 g/mol. The van der Waals surface area contributed by atoms with Crippen molar-refractivity contribution in [3.63, 3.8) is 0 Å². The largest absolute Gasteiger partial charge is 0.508 e. The van der Waals surface area contributed by atoms with Gasteiger partial charge in [0.15, 0.2) is 0 Å². The third-order valence-electron chi connectivity index (χ3n) is 2.34. The zero-order valence-corrected chi connectivity index (χ0v) is 14.3. The number of benzene rings is 3. The third-order valence-corrected chi connectivity index (χ3v) is 3.19. The number of aromatic hydroxyl groups is 1. The van der Waals surface area contributed by atoms with Gasteiger partial charge in [-0.2, -0.15) is 0 Å². The van der Waals surface area contributed by atoms with E-state index in [0.29, 0.717) is 5.75 Å². The minimum absolute atomic E-state index is 0.322. The summed E-state index contributed by atoms with van der Waals surface area (Å²) in [6, 6.07) is 25.8. The fourth-order valence-corrected chi connectivity index (χ4v) is 1.74. The highest BCUT2D eigenvalue weighted by atomic mass is 35.5. The zero-order valence-electron chi connectivity index (χ0n) is 11.8. The standard InChI is InChI=1S/C6H5ClS.C6H6O.C6H6S/c7-5-1-3-6(8)4-2-5;2*7-6-4-2-1-3-5-6/h1-4,8H;2*1-5,7H. The van der Waals surface area contributed by atoms with Crippen molar-refractivity contribution in [1.29, 1.82) is 0 Å². The van der Waals surface area contributed by atoms with Crippen molar-refractivity contribution in [2.24, 2.45) is 0 Å². The fraction of sp³-hybridized carbons (Fsp3) is 0. The van der Waals surface area contributed by atoms with Crippen molar-refractivity contribution in [3.8, 4) is 5.75 Å². The number of phenols is 1. The normalized spacial score (nSPS) is 8.86. The zero-order chi connectivity index (χ0) is 16.2. The summed E-state index contributed by atoms with van der Waals surface area (Å²) in [5.74, 6) is 0.322. The highest BCUT2D eigenvalue weighted by Crippen LogP contribution is 2.11. The second kappa shape index (κ2) is 11.1. The maximum atomic E-state index is 8.63. The van der Waals surface area contributed by atoms with Crippen molar-refractivity contribution in [1.82, 2.24) is 0 Å². The molecule has 0 radical (unpaired) electrons. The van der Waals surface area contributed by atoms with Crippen molar-refractivity contribution < 1.29 is 5.11 Å². The lowest BCUT2D eigenvalue weighted by Gasteiger charge is -1.87. The summed E-state index contributed by atoms with van der Waals surface area (Å²) in [7, 11) is 0. The van der Waals surface area contributed by atoms with E-state index >= 15 is 0 Å². The lowest BCUT2D eigenvalue weighted by molar-refractivity contribution is 0.475. The quantitative estimate of drug-likeness (QED) is 0.426. The van der Waals surface area contributed by atoms with E-state index in [1.165, 1.54) is 0 Å². The minimum atomic E-state index is 0.322. The van der Waals surface area contributed by atoms with Crippen LogP contribution in [0.1, 0.15) is 0 Å². The molecule has 0 aliphatic carbocycles. The second-order valence-electron chi connectivity index (χ2n) is 4.15. The van der Waals surface area contributed by atoms with Crippen LogP contribution in [-0.4, -0.2) is 5.11 Å². The van der Waals surface area contributed by atoms with Gasteiger partial charge in [0.2, 0.25) is 0 Å². The van der Waals surface area contributed by atoms with Crippen LogP contribution < -0.4 is 0 Å². The Labute approximate surface area is 147 Å². The predicted molar refractivity (Wildman–Crippen MR) is 101 cm³/mol. The summed E-state index contributed by atoms with van der Waals surface area (Å²) in [4.78, 5) is 1.96. The summed E-state index contributed by atoms with van der Waals surface area (Å²) in [5.41, 5.74) is 0. The molecule has 3 rings (SSSR count). The first kappa shape index (κ1) is 18.5. The Kier molecular flexibility index (Phi) is 9.31. The molecule has 4 heteroatoms. The van der Waals surface area contributed by atoms with Crippen molar-refractivity contribution >= 4 is 36.9 Å². The molecule has 22 heavy (non-hydrogen) atoms. The molecule has 0 amide bonds. The highest BCUT2D eigenvalue weighted by molar-refractivity contribution is 7.80. The first-order chi connectivity index (χ1) is 10.6. The Bertz CT molecular complexity index is 570. The van der Waals surface area contributed by atoms with Crippen molar-refractivity contribution in [2.75, 3.05) is 0 Å². The van der Waals surface area contributed by atoms with Gasteiger partial charge in [-0.15, -0.1) is 25.3 Å². The summed E-state index contributed by atoms with van der Waals surface area (Å²) in [6.07, 6.45) is 0. The van der Waals surface area contributed by atoms with E-state index in [9.17, 15) is 0 Å². The molecule has 0 bridgehead atoms. The molecule has 0 saturated heterocycles. The molecule has 0 aliphatic rings. The Morgan fingerprint density at radius 1 is 0.591 bits per heavy atom. The minimum Gasteiger partial charge on any atom is -0.508 e. The first-order valence-electron chi connectivity index (χ1n) is 6.50. The molecule has 3 aromatic carbocycles. The first-order valence-corrected chi connectivity index (χ1v) is 7.77. The van der Waals surface area contributed by atoms with Gasteiger partial charge in [0.05, 0.1) is 0 Å². The van der Waals surface area contributed by atoms with Crippen LogP contribution in [0.25, 0.3) is 0 Å². The summed E-state index contributed by atoms with van der Waals surface area (Å²) in [5, 5.41) is 9.38. The number of halogens is 1. The molecule has 0 fully saturated rings. The lowest BCUT2D eigenvalue weighted by atomic mass is 10.3. The molecule has 0 atom stereocenters. The van der Waals surface area contributed by atoms with Crippen LogP contribution in [0.4, 0.5) is 0 Å². The van der Waals surface area contributed by atoms with Crippen LogP contribution in [0.15, 0.2) is 94.7 Å². The van der Waals surface area contributed by atoms with Crippen LogP contribution in [0.2, 0.25) is 5.02 Å². The van der Waals surface area contributed by atoms with E-state index in [4.69, 9.17) is 16.7 Å². The summed E-state index contributed by atoms with van der Waals surface area (Å²) < 4.78 is 0. The monoisotopic (exact) mass is 348 g/mol. The number of phenolic OH excluding ortho intramolecular Hbond substituents is 1. The Balaban J connectivity index is 0.000000166. The highest BCUT2D eigenvalue weighted by Gasteiger charge is 1.82. The molecule has 3 aromatic rings. The molecule has 1 nitrogen and oxygen atoms in total. The van der Waals surface area contributed by atoms with Crippen LogP contribution in [0.3, 0.4) is 0 Å². The van der Waals surface area contributed by atoms with Gasteiger partial charge >= 0.3 is 0 Å². The van der Waals surface area contributed by atoms with E-state index in [1.54, 1.807) is 24.3 Å². The van der Waals surface area contributed by atoms with Gasteiger partial charge in [0.1, 0.15) is 5.75 Å². The molecule has 1 N–H and O–H groups in total. The predicted octanol–water partition coefficient (Wildman–Crippen LogP) is 6.00. The van der Waals surface area contributed by atoms with Gasteiger partial charge in [0, 0.05) is 14.8 Å². The van der Waals surface area contributed by atoms with E-state index in [1.807, 2.05) is 60.7 Å². The van der Waals surface area contributed by atoms with Crippen molar-refractivity contribution in [2.45, 2.75) is 9.79 Å². The molecule has 0 unspecified atom stereocenters. The topological polar surface area (TPSA) is 20.2 Å². The van der Waals surface area contributed by atoms with Crippen LogP contribution in [0, 0.1) is 0 Å². The van der Waals surface area contributed by atoms with Gasteiger partial charge < -0.3 is 5.11 Å². The number of thiol groups is 2. The van der Waals surface area contributed by atoms with Gasteiger partial charge in [-0.1, -0.05) is 48.0 Å². The van der Waals surface area contributed by atoms with Gasteiger partial charge in [-0.25, -0.2) is 0 Å². The van der Waals surface area contributed by atoms with Crippen LogP contribution in [0.5, 0.6) is 5.75 Å². The second-order valence-corrected chi connectivity index (χ2v) is 5.62. The molecule has 0 aliphatic heterocycles. The van der Waals surface area contributed by atoms with Gasteiger partial charge in [-0.3, -0.25) is 0 Å². The maximum absolute atomic E-state index is 8.63. The SMILES string of the molecule is Oc1ccccc1.Sc1ccc(Cl)cc1.Sc1ccccc1. The molecule has 0 spiro atoms. The molecular weight excluding hydrogens is 332 g/mol. The summed E-state index contributed by atoms with van der Waals surface area (Å²) >= 11 is 13.7. The van der Waals surface area contributed by atoms with Gasteiger partial charge in [0.25, 0.3) is 0 Å². The van der Waals surface area contributed by atoms with E-state index in [2.05, 4.69) is 25.3 Å². The third kappa shape index (κ3) is 9.40. The number of hydrogen-bond donors (Lipinski definition) is 3. The van der Waals surface area contributed by atoms with E-state index < -0.39 is 0 Å². The average Bonchev–Trinajstić information content (AvgIpc) is 2.53. The number of rotatable bonds is 0. The lowest BCUT2D eigenvalue weighted by Crippen LogP contribution is -1.61. The Hall–Kier alpha value is -1.55.